The first-order valence-corrected chi connectivity index (χ1v) is 14.4. The second-order valence-electron chi connectivity index (χ2n) is 10.3. The van der Waals surface area contributed by atoms with Gasteiger partial charge in [-0.25, -0.2) is 0 Å². The average Bonchev–Trinajstić information content (AvgIpc) is 2.74. The van der Waals surface area contributed by atoms with Crippen LogP contribution in [0.1, 0.15) is 169 Å². The summed E-state index contributed by atoms with van der Waals surface area (Å²) in [6.07, 6.45) is 36.3. The minimum Gasteiger partial charge on any atom is -0.0888 e. The molecule has 0 saturated carbocycles. The van der Waals surface area contributed by atoms with Crippen LogP contribution in [0.4, 0.5) is 0 Å². The molecule has 180 valence electrons. The summed E-state index contributed by atoms with van der Waals surface area (Å²) in [4.78, 5) is 0. The number of rotatable bonds is 24. The first-order chi connectivity index (χ1) is 14.7. The Morgan fingerprint density at radius 2 is 0.800 bits per heavy atom. The van der Waals surface area contributed by atoms with Crippen molar-refractivity contribution in [2.24, 2.45) is 11.8 Å². The number of hydrogen-bond donors (Lipinski definition) is 0. The molecule has 0 saturated heterocycles. The van der Waals surface area contributed by atoms with Crippen LogP contribution in [0.3, 0.4) is 0 Å². The molecular formula is C30H60. The average molecular weight is 421 g/mol. The van der Waals surface area contributed by atoms with Crippen LogP contribution in [0.15, 0.2) is 12.2 Å². The molecule has 0 aliphatic rings. The van der Waals surface area contributed by atoms with Gasteiger partial charge in [0, 0.05) is 0 Å². The van der Waals surface area contributed by atoms with E-state index in [0.29, 0.717) is 0 Å². The highest BCUT2D eigenvalue weighted by Gasteiger charge is 2.03. The molecule has 0 heteroatoms. The summed E-state index contributed by atoms with van der Waals surface area (Å²) >= 11 is 0. The molecule has 30 heavy (non-hydrogen) atoms. The van der Waals surface area contributed by atoms with Crippen molar-refractivity contribution in [1.82, 2.24) is 0 Å². The van der Waals surface area contributed by atoms with Gasteiger partial charge < -0.3 is 0 Å². The molecule has 0 rings (SSSR count). The summed E-state index contributed by atoms with van der Waals surface area (Å²) in [6, 6.07) is 0. The van der Waals surface area contributed by atoms with Crippen molar-refractivity contribution in [3.63, 3.8) is 0 Å². The maximum Gasteiger partial charge on any atom is -0.0351 e. The smallest absolute Gasteiger partial charge is 0.0351 e. The molecule has 0 fully saturated rings. The highest BCUT2D eigenvalue weighted by molar-refractivity contribution is 4.79. The van der Waals surface area contributed by atoms with E-state index >= 15 is 0 Å². The Hall–Kier alpha value is -0.260. The molecule has 0 spiro atoms. The van der Waals surface area contributed by atoms with Crippen molar-refractivity contribution in [3.05, 3.63) is 12.2 Å². The molecule has 0 aliphatic heterocycles. The predicted molar refractivity (Wildman–Crippen MR) is 140 cm³/mol. The highest BCUT2D eigenvalue weighted by Crippen LogP contribution is 2.20. The third kappa shape index (κ3) is 24.0. The van der Waals surface area contributed by atoms with Gasteiger partial charge >= 0.3 is 0 Å². The number of unbranched alkanes of at least 4 members (excludes halogenated alkanes) is 14. The van der Waals surface area contributed by atoms with Gasteiger partial charge in [0.05, 0.1) is 0 Å². The summed E-state index contributed by atoms with van der Waals surface area (Å²) in [5.74, 6) is 1.91. The van der Waals surface area contributed by atoms with E-state index in [1.807, 2.05) is 0 Å². The van der Waals surface area contributed by atoms with Gasteiger partial charge in [0.2, 0.25) is 0 Å². The lowest BCUT2D eigenvalue weighted by atomic mass is 9.95. The maximum absolute atomic E-state index is 2.48. The normalized spacial score (nSPS) is 13.9. The zero-order chi connectivity index (χ0) is 22.1. The van der Waals surface area contributed by atoms with Crippen LogP contribution in [0, 0.1) is 11.8 Å². The summed E-state index contributed by atoms with van der Waals surface area (Å²) in [6.45, 7) is 9.47. The molecule has 0 radical (unpaired) electrons. The third-order valence-corrected chi connectivity index (χ3v) is 6.91. The van der Waals surface area contributed by atoms with E-state index in [1.165, 1.54) is 141 Å². The van der Waals surface area contributed by atoms with Gasteiger partial charge in [-0.1, -0.05) is 162 Å². The Bertz CT molecular complexity index is 329. The molecule has 0 aromatic rings. The van der Waals surface area contributed by atoms with Crippen LogP contribution in [-0.4, -0.2) is 0 Å². The first-order valence-electron chi connectivity index (χ1n) is 14.4. The molecule has 0 aromatic carbocycles. The van der Waals surface area contributed by atoms with Gasteiger partial charge in [-0.05, 0) is 31.1 Å². The molecule has 0 N–H and O–H groups in total. The molecule has 2 atom stereocenters. The lowest BCUT2D eigenvalue weighted by Crippen LogP contribution is -1.95. The minimum atomic E-state index is 0.949. The third-order valence-electron chi connectivity index (χ3n) is 6.91. The van der Waals surface area contributed by atoms with E-state index in [9.17, 15) is 0 Å². The number of allylic oxidation sites excluding steroid dienone is 2. The van der Waals surface area contributed by atoms with Crippen LogP contribution in [0.25, 0.3) is 0 Å². The summed E-state index contributed by atoms with van der Waals surface area (Å²) in [5, 5.41) is 0. The first kappa shape index (κ1) is 29.7. The molecule has 0 bridgehead atoms. The molecule has 0 nitrogen and oxygen atoms in total. The second kappa shape index (κ2) is 25.0. The Morgan fingerprint density at radius 1 is 0.433 bits per heavy atom. The standard InChI is InChI=1S/C30H60/c1-5-7-9-11-15-18-22-27-30(4)28-24-20-17-14-12-13-16-19-23-26-29(3)25-21-10-8-6-2/h7,9,29-30H,5-6,8,10-28H2,1-4H3. The van der Waals surface area contributed by atoms with E-state index in [0.717, 1.165) is 11.8 Å². The molecular weight excluding hydrogens is 360 g/mol. The van der Waals surface area contributed by atoms with Crippen molar-refractivity contribution in [1.29, 1.82) is 0 Å². The maximum atomic E-state index is 2.48. The van der Waals surface area contributed by atoms with Crippen LogP contribution in [0.2, 0.25) is 0 Å². The van der Waals surface area contributed by atoms with E-state index in [4.69, 9.17) is 0 Å². The summed E-state index contributed by atoms with van der Waals surface area (Å²) in [7, 11) is 0. The Labute approximate surface area is 193 Å². The van der Waals surface area contributed by atoms with Crippen molar-refractivity contribution in [2.75, 3.05) is 0 Å². The second-order valence-corrected chi connectivity index (χ2v) is 10.3. The SMILES string of the molecule is CCC=CCCCCCC(C)CCCCCCCCCCCC(C)CCCCCC. The zero-order valence-electron chi connectivity index (χ0n) is 21.9. The molecule has 0 aromatic heterocycles. The molecule has 0 amide bonds. The topological polar surface area (TPSA) is 0 Å². The predicted octanol–water partition coefficient (Wildman–Crippen LogP) is 11.4. The highest BCUT2D eigenvalue weighted by atomic mass is 14.1. The monoisotopic (exact) mass is 420 g/mol. The van der Waals surface area contributed by atoms with Crippen molar-refractivity contribution >= 4 is 0 Å². The number of hydrogen-bond acceptors (Lipinski definition) is 0. The van der Waals surface area contributed by atoms with Crippen LogP contribution >= 0.6 is 0 Å². The lowest BCUT2D eigenvalue weighted by molar-refractivity contribution is 0.428. The van der Waals surface area contributed by atoms with Crippen LogP contribution < -0.4 is 0 Å². The fraction of sp³-hybridized carbons (Fsp3) is 0.933. The van der Waals surface area contributed by atoms with E-state index in [1.54, 1.807) is 0 Å². The zero-order valence-corrected chi connectivity index (χ0v) is 21.9. The van der Waals surface area contributed by atoms with Crippen molar-refractivity contribution < 1.29 is 0 Å². The fourth-order valence-electron chi connectivity index (χ4n) is 4.65. The van der Waals surface area contributed by atoms with Gasteiger partial charge in [0.1, 0.15) is 0 Å². The molecule has 0 aliphatic carbocycles. The van der Waals surface area contributed by atoms with Crippen molar-refractivity contribution in [2.45, 2.75) is 169 Å². The Kier molecular flexibility index (Phi) is 24.8. The summed E-state index contributed by atoms with van der Waals surface area (Å²) < 4.78 is 0. The Balaban J connectivity index is 3.22. The van der Waals surface area contributed by atoms with Gasteiger partial charge in [-0.15, -0.1) is 0 Å². The van der Waals surface area contributed by atoms with E-state index in [2.05, 4.69) is 39.8 Å². The largest absolute Gasteiger partial charge is 0.0888 e. The van der Waals surface area contributed by atoms with Gasteiger partial charge in [-0.3, -0.25) is 0 Å². The van der Waals surface area contributed by atoms with Gasteiger partial charge in [0.25, 0.3) is 0 Å². The van der Waals surface area contributed by atoms with Crippen molar-refractivity contribution in [3.8, 4) is 0 Å². The van der Waals surface area contributed by atoms with Crippen LogP contribution in [-0.2, 0) is 0 Å². The van der Waals surface area contributed by atoms with Gasteiger partial charge in [-0.2, -0.15) is 0 Å². The Morgan fingerprint density at radius 3 is 1.20 bits per heavy atom. The quantitative estimate of drug-likeness (QED) is 0.107. The lowest BCUT2D eigenvalue weighted by Gasteiger charge is -2.11. The fourth-order valence-corrected chi connectivity index (χ4v) is 4.65. The van der Waals surface area contributed by atoms with E-state index < -0.39 is 0 Å². The summed E-state index contributed by atoms with van der Waals surface area (Å²) in [5.41, 5.74) is 0. The molecule has 0 heterocycles. The van der Waals surface area contributed by atoms with Crippen LogP contribution in [0.5, 0.6) is 0 Å². The minimum absolute atomic E-state index is 0.949. The molecule has 2 unspecified atom stereocenters. The van der Waals surface area contributed by atoms with E-state index in [-0.39, 0.29) is 0 Å². The van der Waals surface area contributed by atoms with Gasteiger partial charge in [0.15, 0.2) is 0 Å².